The number of benzene rings is 1. The SMILES string of the molecule is CCS(=O)(=O)c1ccccc1C(=O)NCC1(C)CCNCC1. The lowest BCUT2D eigenvalue weighted by atomic mass is 9.81. The molecule has 0 saturated carbocycles. The van der Waals surface area contributed by atoms with Gasteiger partial charge in [0, 0.05) is 6.54 Å². The summed E-state index contributed by atoms with van der Waals surface area (Å²) in [5, 5.41) is 6.22. The van der Waals surface area contributed by atoms with Gasteiger partial charge in [0.05, 0.1) is 16.2 Å². The summed E-state index contributed by atoms with van der Waals surface area (Å²) in [6.07, 6.45) is 2.00. The van der Waals surface area contributed by atoms with E-state index in [1.807, 2.05) is 0 Å². The van der Waals surface area contributed by atoms with Gasteiger partial charge in [0.25, 0.3) is 5.91 Å². The molecule has 5 nitrogen and oxygen atoms in total. The highest BCUT2D eigenvalue weighted by molar-refractivity contribution is 7.91. The minimum Gasteiger partial charge on any atom is -0.351 e. The molecule has 1 heterocycles. The van der Waals surface area contributed by atoms with E-state index in [0.29, 0.717) is 6.54 Å². The fourth-order valence-corrected chi connectivity index (χ4v) is 3.77. The molecular formula is C16H24N2O3S. The first-order valence-electron chi connectivity index (χ1n) is 7.69. The number of hydrogen-bond donors (Lipinski definition) is 2. The van der Waals surface area contributed by atoms with Crippen LogP contribution in [0.3, 0.4) is 0 Å². The van der Waals surface area contributed by atoms with Gasteiger partial charge in [-0.25, -0.2) is 8.42 Å². The Morgan fingerprint density at radius 2 is 1.91 bits per heavy atom. The van der Waals surface area contributed by atoms with Crippen LogP contribution in [0.5, 0.6) is 0 Å². The van der Waals surface area contributed by atoms with Crippen LogP contribution in [0.2, 0.25) is 0 Å². The highest BCUT2D eigenvalue weighted by Crippen LogP contribution is 2.27. The van der Waals surface area contributed by atoms with Crippen LogP contribution < -0.4 is 10.6 Å². The maximum atomic E-state index is 12.4. The van der Waals surface area contributed by atoms with E-state index >= 15 is 0 Å². The maximum Gasteiger partial charge on any atom is 0.252 e. The van der Waals surface area contributed by atoms with Crippen molar-refractivity contribution in [3.05, 3.63) is 29.8 Å². The number of amides is 1. The Balaban J connectivity index is 2.13. The van der Waals surface area contributed by atoms with E-state index in [9.17, 15) is 13.2 Å². The standard InChI is InChI=1S/C16H24N2O3S/c1-3-22(20,21)14-7-5-4-6-13(14)15(19)18-12-16(2)8-10-17-11-9-16/h4-7,17H,3,8-12H2,1-2H3,(H,18,19). The second kappa shape index (κ2) is 6.79. The van der Waals surface area contributed by atoms with Crippen molar-refractivity contribution in [3.63, 3.8) is 0 Å². The summed E-state index contributed by atoms with van der Waals surface area (Å²) in [4.78, 5) is 12.5. The van der Waals surface area contributed by atoms with E-state index in [-0.39, 0.29) is 27.5 Å². The van der Waals surface area contributed by atoms with E-state index in [0.717, 1.165) is 25.9 Å². The van der Waals surface area contributed by atoms with Crippen molar-refractivity contribution in [2.45, 2.75) is 31.6 Å². The summed E-state index contributed by atoms with van der Waals surface area (Å²) >= 11 is 0. The van der Waals surface area contributed by atoms with Gasteiger partial charge < -0.3 is 10.6 Å². The van der Waals surface area contributed by atoms with Gasteiger partial charge in [-0.2, -0.15) is 0 Å². The average Bonchev–Trinajstić information content (AvgIpc) is 2.53. The molecule has 0 aromatic heterocycles. The minimum absolute atomic E-state index is 0.0132. The van der Waals surface area contributed by atoms with E-state index in [1.54, 1.807) is 25.1 Å². The van der Waals surface area contributed by atoms with Gasteiger partial charge >= 0.3 is 0 Å². The molecule has 6 heteroatoms. The summed E-state index contributed by atoms with van der Waals surface area (Å²) < 4.78 is 24.2. The normalized spacial score (nSPS) is 17.9. The summed E-state index contributed by atoms with van der Waals surface area (Å²) in [7, 11) is -3.40. The molecule has 1 saturated heterocycles. The van der Waals surface area contributed by atoms with Crippen LogP contribution >= 0.6 is 0 Å². The molecule has 1 aliphatic heterocycles. The highest BCUT2D eigenvalue weighted by atomic mass is 32.2. The summed E-state index contributed by atoms with van der Waals surface area (Å²) in [6, 6.07) is 6.41. The average molecular weight is 324 g/mol. The van der Waals surface area contributed by atoms with Crippen LogP contribution in [0, 0.1) is 5.41 Å². The van der Waals surface area contributed by atoms with Crippen molar-refractivity contribution >= 4 is 15.7 Å². The lowest BCUT2D eigenvalue weighted by Crippen LogP contribution is -2.43. The molecule has 22 heavy (non-hydrogen) atoms. The molecule has 1 aromatic rings. The monoisotopic (exact) mass is 324 g/mol. The summed E-state index contributed by atoms with van der Waals surface area (Å²) in [5.74, 6) is -0.326. The molecule has 1 aliphatic rings. The molecular weight excluding hydrogens is 300 g/mol. The van der Waals surface area contributed by atoms with Crippen LogP contribution in [0.25, 0.3) is 0 Å². The zero-order valence-electron chi connectivity index (χ0n) is 13.2. The maximum absolute atomic E-state index is 12.4. The van der Waals surface area contributed by atoms with E-state index in [2.05, 4.69) is 17.6 Å². The first-order chi connectivity index (χ1) is 10.4. The first-order valence-corrected chi connectivity index (χ1v) is 9.34. The van der Waals surface area contributed by atoms with E-state index in [1.165, 1.54) is 6.07 Å². The molecule has 0 bridgehead atoms. The van der Waals surface area contributed by atoms with Gasteiger partial charge in [0.15, 0.2) is 9.84 Å². The van der Waals surface area contributed by atoms with Gasteiger partial charge in [-0.1, -0.05) is 26.0 Å². The number of piperidine rings is 1. The molecule has 1 amide bonds. The van der Waals surface area contributed by atoms with Gasteiger partial charge in [-0.05, 0) is 43.5 Å². The molecule has 0 spiro atoms. The highest BCUT2D eigenvalue weighted by Gasteiger charge is 2.28. The molecule has 1 fully saturated rings. The van der Waals surface area contributed by atoms with Crippen molar-refractivity contribution in [1.82, 2.24) is 10.6 Å². The third-order valence-corrected chi connectivity index (χ3v) is 6.12. The Kier molecular flexibility index (Phi) is 5.24. The minimum atomic E-state index is -3.40. The molecule has 0 radical (unpaired) electrons. The van der Waals surface area contributed by atoms with E-state index < -0.39 is 9.84 Å². The predicted octanol–water partition coefficient (Wildman–Crippen LogP) is 1.60. The quantitative estimate of drug-likeness (QED) is 0.863. The fraction of sp³-hybridized carbons (Fsp3) is 0.562. The topological polar surface area (TPSA) is 75.3 Å². The Labute approximate surface area is 132 Å². The number of hydrogen-bond acceptors (Lipinski definition) is 4. The van der Waals surface area contributed by atoms with Crippen molar-refractivity contribution in [3.8, 4) is 0 Å². The third-order valence-electron chi connectivity index (χ3n) is 4.33. The largest absolute Gasteiger partial charge is 0.351 e. The Morgan fingerprint density at radius 1 is 1.27 bits per heavy atom. The van der Waals surface area contributed by atoms with Gasteiger partial charge in [-0.15, -0.1) is 0 Å². The molecule has 1 aromatic carbocycles. The van der Waals surface area contributed by atoms with Crippen LogP contribution in [0.15, 0.2) is 29.2 Å². The second-order valence-corrected chi connectivity index (χ2v) is 8.39. The zero-order chi connectivity index (χ0) is 16.2. The number of carbonyl (C=O) groups is 1. The molecule has 0 unspecified atom stereocenters. The Bertz CT molecular complexity index is 635. The molecule has 0 atom stereocenters. The second-order valence-electron chi connectivity index (χ2n) is 6.14. The van der Waals surface area contributed by atoms with Crippen molar-refractivity contribution in [2.75, 3.05) is 25.4 Å². The molecule has 0 aliphatic carbocycles. The number of sulfone groups is 1. The van der Waals surface area contributed by atoms with Gasteiger partial charge in [-0.3, -0.25) is 4.79 Å². The number of rotatable bonds is 5. The summed E-state index contributed by atoms with van der Waals surface area (Å²) in [6.45, 7) is 6.21. The van der Waals surface area contributed by atoms with Crippen molar-refractivity contribution in [2.24, 2.45) is 5.41 Å². The van der Waals surface area contributed by atoms with Gasteiger partial charge in [0.2, 0.25) is 0 Å². The fourth-order valence-electron chi connectivity index (χ4n) is 2.68. The van der Waals surface area contributed by atoms with Crippen LogP contribution in [0.4, 0.5) is 0 Å². The van der Waals surface area contributed by atoms with Gasteiger partial charge in [0.1, 0.15) is 0 Å². The predicted molar refractivity (Wildman–Crippen MR) is 86.7 cm³/mol. The molecule has 2 N–H and O–H groups in total. The molecule has 122 valence electrons. The third kappa shape index (κ3) is 3.87. The number of carbonyl (C=O) groups excluding carboxylic acids is 1. The summed E-state index contributed by atoms with van der Waals surface area (Å²) in [5.41, 5.74) is 0.307. The smallest absolute Gasteiger partial charge is 0.252 e. The number of nitrogens with one attached hydrogen (secondary N) is 2. The lowest BCUT2D eigenvalue weighted by Gasteiger charge is -2.34. The Morgan fingerprint density at radius 3 is 2.55 bits per heavy atom. The van der Waals surface area contributed by atoms with Crippen LogP contribution in [0.1, 0.15) is 37.0 Å². The molecule has 2 rings (SSSR count). The Hall–Kier alpha value is -1.40. The van der Waals surface area contributed by atoms with Crippen LogP contribution in [-0.4, -0.2) is 39.7 Å². The van der Waals surface area contributed by atoms with Crippen LogP contribution in [-0.2, 0) is 9.84 Å². The zero-order valence-corrected chi connectivity index (χ0v) is 14.0. The first kappa shape index (κ1) is 17.0. The van der Waals surface area contributed by atoms with Crippen molar-refractivity contribution < 1.29 is 13.2 Å². The lowest BCUT2D eigenvalue weighted by molar-refractivity contribution is 0.0919. The van der Waals surface area contributed by atoms with Crippen molar-refractivity contribution in [1.29, 1.82) is 0 Å². The van der Waals surface area contributed by atoms with E-state index in [4.69, 9.17) is 0 Å².